The number of aromatic nitrogens is 2. The molecule has 0 aliphatic carbocycles. The number of halogens is 1. The second-order valence-electron chi connectivity index (χ2n) is 2.77. The summed E-state index contributed by atoms with van der Waals surface area (Å²) in [6.07, 6.45) is 2.05. The molecule has 0 aromatic carbocycles. The summed E-state index contributed by atoms with van der Waals surface area (Å²) in [6, 6.07) is 0. The largest absolute Gasteiger partial charge is 0.468 e. The maximum atomic E-state index is 10.9. The smallest absolute Gasteiger partial charge is 0.325 e. The number of hydrogen-bond acceptors (Lipinski definition) is 5. The summed E-state index contributed by atoms with van der Waals surface area (Å²) in [5, 5.41) is 3.25. The van der Waals surface area contributed by atoms with Crippen molar-refractivity contribution in [1.29, 1.82) is 0 Å². The number of hydrogen-bond donors (Lipinski definition) is 1. The lowest BCUT2D eigenvalue weighted by atomic mass is 10.2. The third-order valence-corrected chi connectivity index (χ3v) is 2.20. The van der Waals surface area contributed by atoms with Gasteiger partial charge in [0, 0.05) is 5.56 Å². The Bertz CT molecular complexity index is 357. The predicted octanol–water partition coefficient (Wildman–Crippen LogP) is 1.28. The summed E-state index contributed by atoms with van der Waals surface area (Å²) in [7, 11) is 1.33. The molecule has 15 heavy (non-hydrogen) atoms. The number of anilines is 1. The van der Waals surface area contributed by atoms with Gasteiger partial charge >= 0.3 is 5.97 Å². The molecule has 0 unspecified atom stereocenters. The molecule has 6 heteroatoms. The van der Waals surface area contributed by atoms with Crippen LogP contribution >= 0.6 is 11.6 Å². The fourth-order valence-corrected chi connectivity index (χ4v) is 1.35. The maximum absolute atomic E-state index is 10.9. The first-order valence-corrected chi connectivity index (χ1v) is 4.86. The van der Waals surface area contributed by atoms with Crippen molar-refractivity contribution in [3.63, 3.8) is 0 Å². The monoisotopic (exact) mass is 229 g/mol. The highest BCUT2D eigenvalue weighted by molar-refractivity contribution is 6.30. The highest BCUT2D eigenvalue weighted by Gasteiger charge is 2.08. The van der Waals surface area contributed by atoms with Gasteiger partial charge in [0.25, 0.3) is 0 Å². The highest BCUT2D eigenvalue weighted by Crippen LogP contribution is 2.19. The molecule has 0 atom stereocenters. The molecular formula is C9H12ClN3O2. The SMILES string of the molecule is CCc1c(Cl)ncnc1NCC(=O)OC. The molecule has 0 aliphatic heterocycles. The molecule has 1 aromatic rings. The topological polar surface area (TPSA) is 64.1 Å². The molecule has 0 fully saturated rings. The predicted molar refractivity (Wildman–Crippen MR) is 56.9 cm³/mol. The Kier molecular flexibility index (Phi) is 4.30. The highest BCUT2D eigenvalue weighted by atomic mass is 35.5. The van der Waals surface area contributed by atoms with E-state index in [1.165, 1.54) is 13.4 Å². The average molecular weight is 230 g/mol. The van der Waals surface area contributed by atoms with E-state index in [1.54, 1.807) is 0 Å². The van der Waals surface area contributed by atoms with E-state index in [2.05, 4.69) is 20.0 Å². The number of esters is 1. The zero-order valence-electron chi connectivity index (χ0n) is 8.58. The van der Waals surface area contributed by atoms with Gasteiger partial charge in [-0.3, -0.25) is 4.79 Å². The maximum Gasteiger partial charge on any atom is 0.325 e. The first-order valence-electron chi connectivity index (χ1n) is 4.49. The van der Waals surface area contributed by atoms with Crippen LogP contribution in [-0.2, 0) is 16.0 Å². The van der Waals surface area contributed by atoms with Crippen molar-refractivity contribution in [2.24, 2.45) is 0 Å². The van der Waals surface area contributed by atoms with E-state index in [-0.39, 0.29) is 12.5 Å². The fraction of sp³-hybridized carbons (Fsp3) is 0.444. The van der Waals surface area contributed by atoms with Crippen molar-refractivity contribution in [3.8, 4) is 0 Å². The average Bonchev–Trinajstić information content (AvgIpc) is 2.25. The lowest BCUT2D eigenvalue weighted by Crippen LogP contribution is -2.17. The van der Waals surface area contributed by atoms with Crippen molar-refractivity contribution in [3.05, 3.63) is 17.0 Å². The Hall–Kier alpha value is -1.36. The van der Waals surface area contributed by atoms with Gasteiger partial charge in [0.15, 0.2) is 0 Å². The van der Waals surface area contributed by atoms with E-state index in [0.29, 0.717) is 17.4 Å². The summed E-state index contributed by atoms with van der Waals surface area (Å²) in [4.78, 5) is 18.8. The van der Waals surface area contributed by atoms with Crippen LogP contribution in [0.3, 0.4) is 0 Å². The van der Waals surface area contributed by atoms with Gasteiger partial charge in [-0.2, -0.15) is 0 Å². The summed E-state index contributed by atoms with van der Waals surface area (Å²) in [6.45, 7) is 2.00. The van der Waals surface area contributed by atoms with Crippen LogP contribution in [0.1, 0.15) is 12.5 Å². The van der Waals surface area contributed by atoms with Crippen LogP contribution in [0.4, 0.5) is 5.82 Å². The van der Waals surface area contributed by atoms with Crippen LogP contribution in [-0.4, -0.2) is 29.6 Å². The molecule has 0 bridgehead atoms. The Morgan fingerprint density at radius 3 is 2.93 bits per heavy atom. The number of nitrogens with zero attached hydrogens (tertiary/aromatic N) is 2. The van der Waals surface area contributed by atoms with Crippen molar-refractivity contribution in [1.82, 2.24) is 9.97 Å². The first kappa shape index (κ1) is 11.7. The van der Waals surface area contributed by atoms with E-state index in [9.17, 15) is 4.79 Å². The Morgan fingerprint density at radius 1 is 1.60 bits per heavy atom. The van der Waals surface area contributed by atoms with Gasteiger partial charge in [0.05, 0.1) is 7.11 Å². The fourth-order valence-electron chi connectivity index (χ4n) is 1.08. The van der Waals surface area contributed by atoms with E-state index in [1.807, 2.05) is 6.92 Å². The third kappa shape index (κ3) is 3.06. The van der Waals surface area contributed by atoms with E-state index < -0.39 is 0 Å². The van der Waals surface area contributed by atoms with E-state index >= 15 is 0 Å². The Labute approximate surface area is 92.8 Å². The van der Waals surface area contributed by atoms with Crippen molar-refractivity contribution in [2.75, 3.05) is 19.0 Å². The number of methoxy groups -OCH3 is 1. The van der Waals surface area contributed by atoms with Crippen LogP contribution in [0.25, 0.3) is 0 Å². The van der Waals surface area contributed by atoms with E-state index in [4.69, 9.17) is 11.6 Å². The Morgan fingerprint density at radius 2 is 2.33 bits per heavy atom. The van der Waals surface area contributed by atoms with Gasteiger partial charge in [-0.25, -0.2) is 9.97 Å². The van der Waals surface area contributed by atoms with Crippen LogP contribution in [0.2, 0.25) is 5.15 Å². The quantitative estimate of drug-likeness (QED) is 0.622. The molecule has 82 valence electrons. The first-order chi connectivity index (χ1) is 7.19. The van der Waals surface area contributed by atoms with Crippen LogP contribution in [0.5, 0.6) is 0 Å². The van der Waals surface area contributed by atoms with Crippen molar-refractivity contribution >= 4 is 23.4 Å². The van der Waals surface area contributed by atoms with Crippen molar-refractivity contribution in [2.45, 2.75) is 13.3 Å². The van der Waals surface area contributed by atoms with Crippen molar-refractivity contribution < 1.29 is 9.53 Å². The lowest BCUT2D eigenvalue weighted by Gasteiger charge is -2.08. The number of carbonyl (C=O) groups is 1. The summed E-state index contributed by atoms with van der Waals surface area (Å²) >= 11 is 5.87. The molecular weight excluding hydrogens is 218 g/mol. The minimum atomic E-state index is -0.355. The summed E-state index contributed by atoms with van der Waals surface area (Å²) in [5.74, 6) is 0.217. The van der Waals surface area contributed by atoms with Gasteiger partial charge < -0.3 is 10.1 Å². The van der Waals surface area contributed by atoms with Gasteiger partial charge in [-0.1, -0.05) is 18.5 Å². The molecule has 5 nitrogen and oxygen atoms in total. The van der Waals surface area contributed by atoms with E-state index in [0.717, 1.165) is 5.56 Å². The van der Waals surface area contributed by atoms with Gasteiger partial charge in [0.2, 0.25) is 0 Å². The molecule has 1 rings (SSSR count). The summed E-state index contributed by atoms with van der Waals surface area (Å²) < 4.78 is 4.50. The minimum absolute atomic E-state index is 0.0663. The lowest BCUT2D eigenvalue weighted by molar-refractivity contribution is -0.138. The van der Waals surface area contributed by atoms with Gasteiger partial charge in [-0.05, 0) is 6.42 Å². The molecule has 1 heterocycles. The molecule has 0 saturated heterocycles. The number of rotatable bonds is 4. The zero-order valence-corrected chi connectivity index (χ0v) is 9.34. The Balaban J connectivity index is 2.76. The molecule has 1 N–H and O–H groups in total. The molecule has 0 aliphatic rings. The van der Waals surface area contributed by atoms with Gasteiger partial charge in [-0.15, -0.1) is 0 Å². The number of ether oxygens (including phenoxy) is 1. The molecule has 0 spiro atoms. The summed E-state index contributed by atoms with van der Waals surface area (Å²) in [5.41, 5.74) is 0.795. The normalized spacial score (nSPS) is 9.80. The zero-order chi connectivity index (χ0) is 11.3. The third-order valence-electron chi connectivity index (χ3n) is 1.87. The minimum Gasteiger partial charge on any atom is -0.468 e. The second-order valence-corrected chi connectivity index (χ2v) is 3.13. The molecule has 0 saturated carbocycles. The van der Waals surface area contributed by atoms with Crippen LogP contribution < -0.4 is 5.32 Å². The van der Waals surface area contributed by atoms with Crippen LogP contribution in [0.15, 0.2) is 6.33 Å². The molecule has 0 radical (unpaired) electrons. The second kappa shape index (κ2) is 5.50. The van der Waals surface area contributed by atoms with Crippen LogP contribution in [0, 0.1) is 0 Å². The molecule has 1 aromatic heterocycles. The molecule has 0 amide bonds. The number of carbonyl (C=O) groups excluding carboxylic acids is 1. The number of nitrogens with one attached hydrogen (secondary N) is 1. The van der Waals surface area contributed by atoms with Gasteiger partial charge in [0.1, 0.15) is 23.8 Å². The standard InChI is InChI=1S/C9H12ClN3O2/c1-3-6-8(10)12-5-13-9(6)11-4-7(14)15-2/h5H,3-4H2,1-2H3,(H,11,12,13).